The third kappa shape index (κ3) is 6.41. The predicted molar refractivity (Wildman–Crippen MR) is 99.8 cm³/mol. The Kier molecular flexibility index (Phi) is 7.28. The Bertz CT molecular complexity index is 671. The van der Waals surface area contributed by atoms with Gasteiger partial charge in [0.2, 0.25) is 0 Å². The van der Waals surface area contributed by atoms with Gasteiger partial charge in [-0.1, -0.05) is 74.0 Å². The fraction of sp³-hybridized carbons (Fsp3) is 0.318. The molecule has 0 N–H and O–H groups in total. The van der Waals surface area contributed by atoms with E-state index in [1.807, 2.05) is 18.2 Å². The zero-order valence-corrected chi connectivity index (χ0v) is 14.6. The minimum atomic E-state index is -0.245. The molecule has 0 spiro atoms. The highest BCUT2D eigenvalue weighted by Crippen LogP contribution is 2.16. The lowest BCUT2D eigenvalue weighted by Crippen LogP contribution is -2.05. The van der Waals surface area contributed by atoms with Gasteiger partial charge < -0.3 is 4.74 Å². The molecular weight excluding hydrogens is 296 g/mol. The third-order valence-corrected chi connectivity index (χ3v) is 3.88. The van der Waals surface area contributed by atoms with Crippen LogP contribution in [0.25, 0.3) is 6.08 Å². The number of aryl methyl sites for hydroxylation is 1. The highest BCUT2D eigenvalue weighted by atomic mass is 16.5. The van der Waals surface area contributed by atoms with E-state index in [1.165, 1.54) is 36.5 Å². The van der Waals surface area contributed by atoms with E-state index in [9.17, 15) is 4.79 Å². The normalized spacial score (nSPS) is 11.3. The highest BCUT2D eigenvalue weighted by Gasteiger charge is 2.04. The first-order valence-electron chi connectivity index (χ1n) is 8.63. The summed E-state index contributed by atoms with van der Waals surface area (Å²) < 4.78 is 5.24. The first-order chi connectivity index (χ1) is 11.7. The number of esters is 1. The van der Waals surface area contributed by atoms with Crippen molar-refractivity contribution >= 4 is 12.0 Å². The van der Waals surface area contributed by atoms with E-state index >= 15 is 0 Å². The molecule has 0 atom stereocenters. The summed E-state index contributed by atoms with van der Waals surface area (Å²) in [4.78, 5) is 11.2. The molecule has 0 unspecified atom stereocenters. The lowest BCUT2D eigenvalue weighted by atomic mass is 10.0. The summed E-state index contributed by atoms with van der Waals surface area (Å²) in [5, 5.41) is 0. The first kappa shape index (κ1) is 18.0. The van der Waals surface area contributed by atoms with E-state index in [2.05, 4.69) is 49.4 Å². The van der Waals surface area contributed by atoms with Gasteiger partial charge in [-0.15, -0.1) is 0 Å². The third-order valence-electron chi connectivity index (χ3n) is 3.88. The number of hydrogen-bond donors (Lipinski definition) is 0. The zero-order valence-electron chi connectivity index (χ0n) is 14.6. The van der Waals surface area contributed by atoms with E-state index in [-0.39, 0.29) is 5.97 Å². The van der Waals surface area contributed by atoms with Gasteiger partial charge in [0.25, 0.3) is 0 Å². The lowest BCUT2D eigenvalue weighted by Gasteiger charge is -2.09. The van der Waals surface area contributed by atoms with Gasteiger partial charge in [-0.25, -0.2) is 0 Å². The van der Waals surface area contributed by atoms with Crippen molar-refractivity contribution in [1.82, 2.24) is 0 Å². The molecule has 0 aliphatic rings. The standard InChI is InChI=1S/C22H26O2/c1-3-4-9-19-12-8-13-21(14-19)16-22(17-24-18(2)23)15-20-10-6-5-7-11-20/h5-8,10-14,16H,3-4,9,15,17H2,1-2H3/b22-16-. The maximum absolute atomic E-state index is 11.2. The van der Waals surface area contributed by atoms with Gasteiger partial charge in [0.15, 0.2) is 0 Å². The molecule has 0 radical (unpaired) electrons. The number of carbonyl (C=O) groups excluding carboxylic acids is 1. The average molecular weight is 322 g/mol. The summed E-state index contributed by atoms with van der Waals surface area (Å²) >= 11 is 0. The maximum atomic E-state index is 11.2. The Morgan fingerprint density at radius 2 is 1.79 bits per heavy atom. The number of hydrogen-bond acceptors (Lipinski definition) is 2. The number of benzene rings is 2. The topological polar surface area (TPSA) is 26.3 Å². The van der Waals surface area contributed by atoms with Gasteiger partial charge in [0.05, 0.1) is 0 Å². The highest BCUT2D eigenvalue weighted by molar-refractivity contribution is 5.66. The minimum Gasteiger partial charge on any atom is -0.461 e. The molecule has 2 aromatic carbocycles. The molecule has 2 aromatic rings. The van der Waals surface area contributed by atoms with Crippen molar-refractivity contribution in [3.05, 3.63) is 76.9 Å². The molecule has 0 aliphatic carbocycles. The second kappa shape index (κ2) is 9.71. The van der Waals surface area contributed by atoms with Crippen LogP contribution >= 0.6 is 0 Å². The Hall–Kier alpha value is -2.35. The Morgan fingerprint density at radius 3 is 2.50 bits per heavy atom. The van der Waals surface area contributed by atoms with Crippen LogP contribution in [0.3, 0.4) is 0 Å². The second-order valence-corrected chi connectivity index (χ2v) is 6.09. The van der Waals surface area contributed by atoms with Crippen LogP contribution in [-0.4, -0.2) is 12.6 Å². The van der Waals surface area contributed by atoms with Crippen LogP contribution in [0.5, 0.6) is 0 Å². The van der Waals surface area contributed by atoms with Gasteiger partial charge in [0.1, 0.15) is 6.61 Å². The maximum Gasteiger partial charge on any atom is 0.302 e. The van der Waals surface area contributed by atoms with Gasteiger partial charge in [0, 0.05) is 6.92 Å². The second-order valence-electron chi connectivity index (χ2n) is 6.09. The SMILES string of the molecule is CCCCc1cccc(/C=C(\COC(C)=O)Cc2ccccc2)c1. The van der Waals surface area contributed by atoms with Crippen molar-refractivity contribution in [1.29, 1.82) is 0 Å². The van der Waals surface area contributed by atoms with Gasteiger partial charge in [-0.05, 0) is 41.5 Å². The molecule has 2 rings (SSSR count). The fourth-order valence-corrected chi connectivity index (χ4v) is 2.65. The van der Waals surface area contributed by atoms with E-state index in [4.69, 9.17) is 4.74 Å². The van der Waals surface area contributed by atoms with Crippen molar-refractivity contribution in [3.8, 4) is 0 Å². The van der Waals surface area contributed by atoms with Crippen molar-refractivity contribution in [3.63, 3.8) is 0 Å². The molecule has 0 aliphatic heterocycles. The number of rotatable bonds is 8. The summed E-state index contributed by atoms with van der Waals surface area (Å²) in [6.45, 7) is 4.00. The smallest absolute Gasteiger partial charge is 0.302 e. The molecule has 0 heterocycles. The summed E-state index contributed by atoms with van der Waals surface area (Å²) in [5.41, 5.74) is 4.85. The molecule has 24 heavy (non-hydrogen) atoms. The van der Waals surface area contributed by atoms with Crippen LogP contribution < -0.4 is 0 Å². The van der Waals surface area contributed by atoms with Crippen molar-refractivity contribution in [2.24, 2.45) is 0 Å². The van der Waals surface area contributed by atoms with Gasteiger partial charge >= 0.3 is 5.97 Å². The Balaban J connectivity index is 2.18. The average Bonchev–Trinajstić information content (AvgIpc) is 2.59. The molecule has 0 aromatic heterocycles. The van der Waals surface area contributed by atoms with E-state index in [0.29, 0.717) is 6.61 Å². The summed E-state index contributed by atoms with van der Waals surface area (Å²) in [6, 6.07) is 18.9. The molecule has 2 nitrogen and oxygen atoms in total. The molecule has 0 saturated carbocycles. The van der Waals surface area contributed by atoms with Crippen LogP contribution in [0.1, 0.15) is 43.4 Å². The van der Waals surface area contributed by atoms with Gasteiger partial charge in [-0.2, -0.15) is 0 Å². The van der Waals surface area contributed by atoms with Crippen LogP contribution in [0.15, 0.2) is 60.2 Å². The molecule has 0 saturated heterocycles. The minimum absolute atomic E-state index is 0.245. The van der Waals surface area contributed by atoms with Crippen LogP contribution in [0.4, 0.5) is 0 Å². The van der Waals surface area contributed by atoms with Crippen molar-refractivity contribution in [2.45, 2.75) is 39.5 Å². The molecule has 126 valence electrons. The summed E-state index contributed by atoms with van der Waals surface area (Å²) in [6.07, 6.45) is 6.44. The van der Waals surface area contributed by atoms with E-state index in [0.717, 1.165) is 18.4 Å². The first-order valence-corrected chi connectivity index (χ1v) is 8.63. The largest absolute Gasteiger partial charge is 0.461 e. The Morgan fingerprint density at radius 1 is 1.04 bits per heavy atom. The van der Waals surface area contributed by atoms with Crippen molar-refractivity contribution < 1.29 is 9.53 Å². The molecule has 0 fully saturated rings. The summed E-state index contributed by atoms with van der Waals surface area (Å²) in [5.74, 6) is -0.245. The van der Waals surface area contributed by atoms with Crippen LogP contribution in [-0.2, 0) is 22.4 Å². The number of unbranched alkanes of at least 4 members (excludes halogenated alkanes) is 1. The van der Waals surface area contributed by atoms with Gasteiger partial charge in [-0.3, -0.25) is 4.79 Å². The van der Waals surface area contributed by atoms with E-state index in [1.54, 1.807) is 0 Å². The lowest BCUT2D eigenvalue weighted by molar-refractivity contribution is -0.139. The quantitative estimate of drug-likeness (QED) is 0.623. The van der Waals surface area contributed by atoms with Crippen LogP contribution in [0, 0.1) is 0 Å². The Labute approximate surface area is 145 Å². The monoisotopic (exact) mass is 322 g/mol. The number of ether oxygens (including phenoxy) is 1. The van der Waals surface area contributed by atoms with Crippen molar-refractivity contribution in [2.75, 3.05) is 6.61 Å². The summed E-state index contributed by atoms with van der Waals surface area (Å²) in [7, 11) is 0. The predicted octanol–water partition coefficient (Wildman–Crippen LogP) is 5.22. The number of carbonyl (C=O) groups is 1. The molecule has 0 bridgehead atoms. The van der Waals surface area contributed by atoms with Crippen LogP contribution in [0.2, 0.25) is 0 Å². The zero-order chi connectivity index (χ0) is 17.2. The fourth-order valence-electron chi connectivity index (χ4n) is 2.65. The molecule has 0 amide bonds. The molecule has 2 heteroatoms. The molecular formula is C22H26O2. The van der Waals surface area contributed by atoms with E-state index < -0.39 is 0 Å².